The highest BCUT2D eigenvalue weighted by molar-refractivity contribution is 6.06. The molecule has 0 radical (unpaired) electrons. The summed E-state index contributed by atoms with van der Waals surface area (Å²) >= 11 is 0. The number of nitrogens with two attached hydrogens (primary N) is 1. The maximum atomic E-state index is 12.9. The second-order valence-corrected chi connectivity index (χ2v) is 7.78. The van der Waals surface area contributed by atoms with Gasteiger partial charge in [-0.3, -0.25) is 4.79 Å². The Morgan fingerprint density at radius 3 is 2.58 bits per heavy atom. The van der Waals surface area contributed by atoms with E-state index in [-0.39, 0.29) is 12.5 Å². The molecule has 1 aliphatic heterocycles. The quantitative estimate of drug-likeness (QED) is 0.444. The van der Waals surface area contributed by atoms with Crippen LogP contribution in [0.3, 0.4) is 0 Å². The maximum absolute atomic E-state index is 12.9. The number of carbonyl (C=O) groups excluding carboxylic acids is 1. The van der Waals surface area contributed by atoms with Crippen LogP contribution in [-0.4, -0.2) is 43.3 Å². The fraction of sp³-hybridized carbons (Fsp3) is 0.240. The lowest BCUT2D eigenvalue weighted by Crippen LogP contribution is -2.34. The molecule has 6 heteroatoms. The van der Waals surface area contributed by atoms with E-state index in [0.717, 1.165) is 36.3 Å². The van der Waals surface area contributed by atoms with Gasteiger partial charge in [-0.2, -0.15) is 0 Å². The smallest absolute Gasteiger partial charge is 0.255 e. The normalized spacial score (nSPS) is 15.8. The molecule has 1 amide bonds. The average molecular weight is 417 g/mol. The number of rotatable bonds is 7. The molecule has 0 unspecified atom stereocenters. The molecule has 1 heterocycles. The summed E-state index contributed by atoms with van der Waals surface area (Å²) in [4.78, 5) is 15.2. The van der Waals surface area contributed by atoms with E-state index in [0.29, 0.717) is 29.5 Å². The number of carbonyl (C=O) groups is 1. The predicted octanol–water partition coefficient (Wildman–Crippen LogP) is 3.35. The van der Waals surface area contributed by atoms with E-state index < -0.39 is 0 Å². The zero-order valence-corrected chi connectivity index (χ0v) is 17.4. The summed E-state index contributed by atoms with van der Waals surface area (Å²) in [6.07, 6.45) is 1.04. The zero-order chi connectivity index (χ0) is 21.6. The highest BCUT2D eigenvalue weighted by Gasteiger charge is 2.22. The topological polar surface area (TPSA) is 90.6 Å². The molecule has 1 saturated heterocycles. The number of anilines is 3. The molecule has 0 aromatic heterocycles. The Morgan fingerprint density at radius 2 is 1.84 bits per heavy atom. The van der Waals surface area contributed by atoms with Crippen LogP contribution in [0.5, 0.6) is 0 Å². The molecule has 0 aliphatic carbocycles. The summed E-state index contributed by atoms with van der Waals surface area (Å²) in [6, 6.07) is 23.5. The predicted molar refractivity (Wildman–Crippen MR) is 126 cm³/mol. The average Bonchev–Trinajstić information content (AvgIpc) is 3.27. The van der Waals surface area contributed by atoms with Crippen molar-refractivity contribution in [3.8, 4) is 11.1 Å². The molecular weight excluding hydrogens is 388 g/mol. The molecule has 5 N–H and O–H groups in total. The standard InChI is InChI=1S/C25H28N4O2/c26-20-8-11-23(18-4-2-1-3-5-18)24(16-20)28-25(31)19-6-9-22(10-7-19)29-14-12-21(17-29)27-13-15-30/h1-11,16,21,27,30H,12-15,17,26H2,(H,28,31)/t21-/m0/s1. The van der Waals surface area contributed by atoms with Gasteiger partial charge in [-0.25, -0.2) is 0 Å². The van der Waals surface area contributed by atoms with Gasteiger partial charge in [0.25, 0.3) is 5.91 Å². The first-order chi connectivity index (χ1) is 15.1. The van der Waals surface area contributed by atoms with Gasteiger partial charge in [-0.05, 0) is 48.4 Å². The first-order valence-corrected chi connectivity index (χ1v) is 10.6. The molecule has 160 valence electrons. The van der Waals surface area contributed by atoms with Crippen molar-refractivity contribution in [1.29, 1.82) is 0 Å². The molecule has 1 atom stereocenters. The molecule has 31 heavy (non-hydrogen) atoms. The van der Waals surface area contributed by atoms with E-state index >= 15 is 0 Å². The Labute approximate surface area is 182 Å². The Morgan fingerprint density at radius 1 is 1.06 bits per heavy atom. The molecular formula is C25H28N4O2. The van der Waals surface area contributed by atoms with E-state index in [9.17, 15) is 4.79 Å². The highest BCUT2D eigenvalue weighted by atomic mass is 16.3. The largest absolute Gasteiger partial charge is 0.399 e. The van der Waals surface area contributed by atoms with Crippen LogP contribution in [0.1, 0.15) is 16.8 Å². The first kappa shape index (κ1) is 20.9. The Bertz CT molecular complexity index is 1020. The fourth-order valence-electron chi connectivity index (χ4n) is 3.98. The number of nitrogen functional groups attached to an aromatic ring is 1. The van der Waals surface area contributed by atoms with Crippen molar-refractivity contribution in [1.82, 2.24) is 5.32 Å². The summed E-state index contributed by atoms with van der Waals surface area (Å²) in [5.74, 6) is -0.168. The van der Waals surface area contributed by atoms with Crippen LogP contribution >= 0.6 is 0 Å². The number of aliphatic hydroxyl groups excluding tert-OH is 1. The van der Waals surface area contributed by atoms with Crippen molar-refractivity contribution in [3.05, 3.63) is 78.4 Å². The third-order valence-electron chi connectivity index (χ3n) is 5.60. The lowest BCUT2D eigenvalue weighted by Gasteiger charge is -2.19. The van der Waals surface area contributed by atoms with Gasteiger partial charge in [0.05, 0.1) is 12.3 Å². The Hall–Kier alpha value is -3.35. The summed E-state index contributed by atoms with van der Waals surface area (Å²) < 4.78 is 0. The van der Waals surface area contributed by atoms with Gasteiger partial charge in [0.1, 0.15) is 0 Å². The van der Waals surface area contributed by atoms with Crippen molar-refractivity contribution in [2.75, 3.05) is 42.2 Å². The highest BCUT2D eigenvalue weighted by Crippen LogP contribution is 2.30. The molecule has 0 bridgehead atoms. The SMILES string of the molecule is Nc1ccc(-c2ccccc2)c(NC(=O)c2ccc(N3CC[C@H](NCCO)C3)cc2)c1. The number of amides is 1. The number of nitrogens with one attached hydrogen (secondary N) is 2. The lowest BCUT2D eigenvalue weighted by molar-refractivity contribution is 0.102. The second-order valence-electron chi connectivity index (χ2n) is 7.78. The third-order valence-corrected chi connectivity index (χ3v) is 5.60. The summed E-state index contributed by atoms with van der Waals surface area (Å²) in [5, 5.41) is 15.3. The van der Waals surface area contributed by atoms with Crippen LogP contribution in [0.4, 0.5) is 17.1 Å². The zero-order valence-electron chi connectivity index (χ0n) is 17.4. The van der Waals surface area contributed by atoms with Crippen molar-refractivity contribution < 1.29 is 9.90 Å². The number of hydrogen-bond acceptors (Lipinski definition) is 5. The third kappa shape index (κ3) is 5.05. The van der Waals surface area contributed by atoms with Crippen LogP contribution in [0.15, 0.2) is 72.8 Å². The van der Waals surface area contributed by atoms with E-state index in [1.54, 1.807) is 6.07 Å². The van der Waals surface area contributed by atoms with Crippen LogP contribution in [0, 0.1) is 0 Å². The second kappa shape index (κ2) is 9.64. The van der Waals surface area contributed by atoms with Gasteiger partial charge in [0, 0.05) is 48.2 Å². The van der Waals surface area contributed by atoms with Crippen LogP contribution < -0.4 is 21.3 Å². The summed E-state index contributed by atoms with van der Waals surface area (Å²) in [5.41, 5.74) is 10.9. The minimum atomic E-state index is -0.168. The van der Waals surface area contributed by atoms with Gasteiger partial charge in [-0.15, -0.1) is 0 Å². The van der Waals surface area contributed by atoms with Gasteiger partial charge >= 0.3 is 0 Å². The van der Waals surface area contributed by atoms with Gasteiger partial charge < -0.3 is 26.4 Å². The summed E-state index contributed by atoms with van der Waals surface area (Å²) in [6.45, 7) is 2.62. The molecule has 1 aliphatic rings. The van der Waals surface area contributed by atoms with Crippen molar-refractivity contribution >= 4 is 23.0 Å². The molecule has 3 aromatic rings. The van der Waals surface area contributed by atoms with Crippen LogP contribution in [0.2, 0.25) is 0 Å². The van der Waals surface area contributed by atoms with Gasteiger partial charge in [0.15, 0.2) is 0 Å². The van der Waals surface area contributed by atoms with E-state index in [4.69, 9.17) is 10.8 Å². The molecule has 0 saturated carbocycles. The van der Waals surface area contributed by atoms with Gasteiger partial charge in [0.2, 0.25) is 0 Å². The minimum Gasteiger partial charge on any atom is -0.399 e. The first-order valence-electron chi connectivity index (χ1n) is 10.6. The molecule has 4 rings (SSSR count). The Balaban J connectivity index is 1.46. The number of benzene rings is 3. The van der Waals surface area contributed by atoms with E-state index in [1.807, 2.05) is 66.7 Å². The fourth-order valence-corrected chi connectivity index (χ4v) is 3.98. The molecule has 6 nitrogen and oxygen atoms in total. The van der Waals surface area contributed by atoms with Crippen LogP contribution in [0.25, 0.3) is 11.1 Å². The van der Waals surface area contributed by atoms with Crippen molar-refractivity contribution in [3.63, 3.8) is 0 Å². The number of hydrogen-bond donors (Lipinski definition) is 4. The monoisotopic (exact) mass is 416 g/mol. The minimum absolute atomic E-state index is 0.152. The molecule has 0 spiro atoms. The number of aliphatic hydroxyl groups is 1. The molecule has 1 fully saturated rings. The van der Waals surface area contributed by atoms with E-state index in [2.05, 4.69) is 15.5 Å². The van der Waals surface area contributed by atoms with Crippen LogP contribution in [-0.2, 0) is 0 Å². The molecule has 3 aromatic carbocycles. The number of nitrogens with zero attached hydrogens (tertiary/aromatic N) is 1. The lowest BCUT2D eigenvalue weighted by atomic mass is 10.0. The van der Waals surface area contributed by atoms with E-state index in [1.165, 1.54) is 0 Å². The maximum Gasteiger partial charge on any atom is 0.255 e. The summed E-state index contributed by atoms with van der Waals surface area (Å²) in [7, 11) is 0. The Kier molecular flexibility index (Phi) is 6.50. The van der Waals surface area contributed by atoms with Crippen molar-refractivity contribution in [2.24, 2.45) is 0 Å². The van der Waals surface area contributed by atoms with Crippen molar-refractivity contribution in [2.45, 2.75) is 12.5 Å². The van der Waals surface area contributed by atoms with Gasteiger partial charge in [-0.1, -0.05) is 36.4 Å².